The molecule has 20 heavy (non-hydrogen) atoms. The van der Waals surface area contributed by atoms with Crippen molar-refractivity contribution in [1.82, 2.24) is 10.2 Å². The molecule has 1 fully saturated rings. The second-order valence-corrected chi connectivity index (χ2v) is 5.64. The Labute approximate surface area is 122 Å². The van der Waals surface area contributed by atoms with E-state index in [1.165, 1.54) is 16.7 Å². The van der Waals surface area contributed by atoms with Crippen LogP contribution < -0.4 is 5.32 Å². The molecular weight excluding hydrogens is 276 g/mol. The number of hydrogen-bond donors (Lipinski definition) is 2. The quantitative estimate of drug-likeness (QED) is 0.849. The Morgan fingerprint density at radius 1 is 1.45 bits per heavy atom. The molecule has 1 aromatic rings. The molecule has 1 aliphatic rings. The highest BCUT2D eigenvalue weighted by Gasteiger charge is 2.35. The molecule has 0 spiro atoms. The summed E-state index contributed by atoms with van der Waals surface area (Å²) in [5, 5.41) is 12.2. The number of rotatable bonds is 5. The van der Waals surface area contributed by atoms with Gasteiger partial charge in [0.05, 0.1) is 5.88 Å². The highest BCUT2D eigenvalue weighted by atomic mass is 32.2. The van der Waals surface area contributed by atoms with Crippen LogP contribution in [0.15, 0.2) is 24.3 Å². The average Bonchev–Trinajstić information content (AvgIpc) is 2.94. The molecule has 1 heterocycles. The summed E-state index contributed by atoms with van der Waals surface area (Å²) in [4.78, 5) is 25.2. The van der Waals surface area contributed by atoms with Gasteiger partial charge in [-0.05, 0) is 31.6 Å². The first-order chi connectivity index (χ1) is 9.65. The first-order valence-corrected chi connectivity index (χ1v) is 7.64. The van der Waals surface area contributed by atoms with Gasteiger partial charge in [-0.25, -0.2) is 4.79 Å². The van der Waals surface area contributed by atoms with E-state index in [1.54, 1.807) is 6.07 Å². The fourth-order valence-electron chi connectivity index (χ4n) is 2.21. The second kappa shape index (κ2) is 6.76. The summed E-state index contributed by atoms with van der Waals surface area (Å²) >= 11 is 1.48. The molecule has 0 aromatic heterocycles. The first kappa shape index (κ1) is 14.9. The number of carboxylic acid groups (broad SMARTS) is 1. The maximum absolute atomic E-state index is 12.6. The van der Waals surface area contributed by atoms with E-state index in [-0.39, 0.29) is 5.91 Å². The Morgan fingerprint density at radius 2 is 2.20 bits per heavy atom. The van der Waals surface area contributed by atoms with Gasteiger partial charge in [0.15, 0.2) is 0 Å². The van der Waals surface area contributed by atoms with E-state index in [9.17, 15) is 14.7 Å². The van der Waals surface area contributed by atoms with Crippen molar-refractivity contribution in [2.45, 2.75) is 12.5 Å². The van der Waals surface area contributed by atoms with Crippen LogP contribution in [-0.4, -0.2) is 53.1 Å². The van der Waals surface area contributed by atoms with E-state index in [1.807, 2.05) is 25.2 Å². The molecule has 1 aromatic carbocycles. The van der Waals surface area contributed by atoms with Gasteiger partial charge in [0.1, 0.15) is 6.04 Å². The predicted octanol–water partition coefficient (Wildman–Crippen LogP) is 1.05. The van der Waals surface area contributed by atoms with Crippen LogP contribution in [0.5, 0.6) is 0 Å². The van der Waals surface area contributed by atoms with Crippen molar-refractivity contribution in [3.63, 3.8) is 0 Å². The Hall–Kier alpha value is -1.53. The number of carboxylic acids is 1. The number of nitrogens with zero attached hydrogens (tertiary/aromatic N) is 1. The number of benzene rings is 1. The number of carbonyl (C=O) groups excluding carboxylic acids is 1. The van der Waals surface area contributed by atoms with Crippen LogP contribution >= 0.6 is 11.8 Å². The Morgan fingerprint density at radius 3 is 2.90 bits per heavy atom. The molecule has 1 aliphatic heterocycles. The molecule has 0 aliphatic carbocycles. The number of thioether (sulfide) groups is 1. The van der Waals surface area contributed by atoms with Crippen LogP contribution in [0.2, 0.25) is 0 Å². The van der Waals surface area contributed by atoms with Gasteiger partial charge in [-0.15, -0.1) is 11.8 Å². The van der Waals surface area contributed by atoms with Gasteiger partial charge in [-0.2, -0.15) is 0 Å². The molecule has 1 saturated heterocycles. The van der Waals surface area contributed by atoms with Crippen LogP contribution in [0.25, 0.3) is 0 Å². The summed E-state index contributed by atoms with van der Waals surface area (Å²) in [6.07, 6.45) is 0.747. The molecule has 5 nitrogen and oxygen atoms in total. The monoisotopic (exact) mass is 294 g/mol. The molecule has 2 N–H and O–H groups in total. The van der Waals surface area contributed by atoms with Gasteiger partial charge in [-0.1, -0.05) is 18.2 Å². The zero-order valence-electron chi connectivity index (χ0n) is 11.3. The first-order valence-electron chi connectivity index (χ1n) is 6.49. The van der Waals surface area contributed by atoms with Crippen molar-refractivity contribution >= 4 is 23.6 Å². The van der Waals surface area contributed by atoms with Crippen molar-refractivity contribution in [1.29, 1.82) is 0 Å². The third kappa shape index (κ3) is 3.13. The lowest BCUT2D eigenvalue weighted by atomic mass is 10.0. The number of likely N-dealkylation sites (N-methyl/N-ethyl adjacent to an activating group) is 1. The van der Waals surface area contributed by atoms with Crippen molar-refractivity contribution < 1.29 is 14.7 Å². The summed E-state index contributed by atoms with van der Waals surface area (Å²) in [6, 6.07) is 6.69. The molecule has 6 heteroatoms. The number of carbonyl (C=O) groups is 2. The van der Waals surface area contributed by atoms with E-state index in [0.29, 0.717) is 17.2 Å². The van der Waals surface area contributed by atoms with E-state index in [2.05, 4.69) is 5.32 Å². The third-order valence-corrected chi connectivity index (χ3v) is 4.33. The van der Waals surface area contributed by atoms with Crippen molar-refractivity contribution in [3.05, 3.63) is 35.4 Å². The molecule has 1 amide bonds. The molecular formula is C14H18N2O3S. The Kier molecular flexibility index (Phi) is 5.03. The second-order valence-electron chi connectivity index (χ2n) is 4.64. The van der Waals surface area contributed by atoms with Gasteiger partial charge in [0.25, 0.3) is 5.91 Å². The minimum atomic E-state index is -0.934. The summed E-state index contributed by atoms with van der Waals surface area (Å²) in [5.41, 5.74) is 1.56. The molecule has 0 bridgehead atoms. The van der Waals surface area contributed by atoms with Crippen molar-refractivity contribution in [2.24, 2.45) is 0 Å². The fraction of sp³-hybridized carbons (Fsp3) is 0.429. The smallest absolute Gasteiger partial charge is 0.327 e. The molecule has 2 rings (SSSR count). The van der Waals surface area contributed by atoms with Gasteiger partial charge in [-0.3, -0.25) is 4.79 Å². The minimum Gasteiger partial charge on any atom is -0.480 e. The maximum atomic E-state index is 12.6. The van der Waals surface area contributed by atoms with Gasteiger partial charge in [0.2, 0.25) is 0 Å². The lowest BCUT2D eigenvalue weighted by Gasteiger charge is -2.21. The largest absolute Gasteiger partial charge is 0.480 e. The fourth-order valence-corrected chi connectivity index (χ4v) is 3.35. The van der Waals surface area contributed by atoms with Crippen LogP contribution in [0.1, 0.15) is 15.9 Å². The normalized spacial score (nSPS) is 18.2. The number of aliphatic carboxylic acids is 1. The van der Waals surface area contributed by atoms with E-state index in [4.69, 9.17) is 0 Å². The minimum absolute atomic E-state index is 0.186. The molecule has 0 saturated carbocycles. The topological polar surface area (TPSA) is 69.6 Å². The zero-order chi connectivity index (χ0) is 14.5. The highest BCUT2D eigenvalue weighted by Crippen LogP contribution is 2.24. The molecule has 0 radical (unpaired) electrons. The van der Waals surface area contributed by atoms with Gasteiger partial charge >= 0.3 is 5.97 Å². The molecule has 108 valence electrons. The summed E-state index contributed by atoms with van der Waals surface area (Å²) in [7, 11) is 1.86. The predicted molar refractivity (Wildman–Crippen MR) is 79.0 cm³/mol. The van der Waals surface area contributed by atoms with Crippen LogP contribution in [0, 0.1) is 0 Å². The number of amides is 1. The third-order valence-electron chi connectivity index (χ3n) is 3.32. The lowest BCUT2D eigenvalue weighted by Crippen LogP contribution is -2.42. The van der Waals surface area contributed by atoms with Gasteiger partial charge in [0, 0.05) is 11.3 Å². The maximum Gasteiger partial charge on any atom is 0.327 e. The number of nitrogens with one attached hydrogen (secondary N) is 1. The van der Waals surface area contributed by atoms with Crippen LogP contribution in [0.4, 0.5) is 0 Å². The number of hydrogen-bond acceptors (Lipinski definition) is 4. The van der Waals surface area contributed by atoms with Crippen molar-refractivity contribution in [3.8, 4) is 0 Å². The van der Waals surface area contributed by atoms with E-state index >= 15 is 0 Å². The summed E-state index contributed by atoms with van der Waals surface area (Å²) in [6.45, 7) is 0.779. The van der Waals surface area contributed by atoms with E-state index in [0.717, 1.165) is 18.5 Å². The molecule has 1 unspecified atom stereocenters. The van der Waals surface area contributed by atoms with Crippen LogP contribution in [-0.2, 0) is 11.2 Å². The Balaban J connectivity index is 2.22. The molecule has 1 atom stereocenters. The summed E-state index contributed by atoms with van der Waals surface area (Å²) in [5.74, 6) is -0.221. The average molecular weight is 294 g/mol. The van der Waals surface area contributed by atoms with Crippen molar-refractivity contribution in [2.75, 3.05) is 25.2 Å². The standard InChI is InChI=1S/C14H18N2O3S/c1-15-7-6-10-4-2-3-5-11(10)13(17)16-9-20-8-12(16)14(18)19/h2-5,12,15H,6-9H2,1H3,(H,18,19). The highest BCUT2D eigenvalue weighted by molar-refractivity contribution is 7.99. The van der Waals surface area contributed by atoms with Gasteiger partial charge < -0.3 is 15.3 Å². The zero-order valence-corrected chi connectivity index (χ0v) is 12.2. The SMILES string of the molecule is CNCCc1ccccc1C(=O)N1CSCC1C(=O)O. The summed E-state index contributed by atoms with van der Waals surface area (Å²) < 4.78 is 0. The van der Waals surface area contributed by atoms with E-state index < -0.39 is 12.0 Å². The van der Waals surface area contributed by atoms with Crippen LogP contribution in [0.3, 0.4) is 0 Å². The Bertz CT molecular complexity index is 507. The lowest BCUT2D eigenvalue weighted by molar-refractivity contribution is -0.140.